The van der Waals surface area contributed by atoms with Crippen LogP contribution in [-0.4, -0.2) is 0 Å². The fourth-order valence-electron chi connectivity index (χ4n) is 2.02. The molecule has 2 aromatic rings. The van der Waals surface area contributed by atoms with E-state index in [2.05, 4.69) is 0 Å². The third-order valence-corrected chi connectivity index (χ3v) is 3.53. The summed E-state index contributed by atoms with van der Waals surface area (Å²) in [5, 5.41) is 1.17. The molecule has 19 heavy (non-hydrogen) atoms. The molecule has 0 fully saturated rings. The molecule has 100 valence electrons. The molecule has 0 radical (unpaired) electrons. The van der Waals surface area contributed by atoms with Crippen LogP contribution in [0.15, 0.2) is 36.4 Å². The minimum Gasteiger partial charge on any atom is -0.324 e. The maximum absolute atomic E-state index is 13.4. The van der Waals surface area contributed by atoms with Crippen LogP contribution in [0.4, 0.5) is 4.39 Å². The zero-order valence-corrected chi connectivity index (χ0v) is 12.0. The molecule has 2 rings (SSSR count). The molecule has 0 aliphatic carbocycles. The fraction of sp³-hybridized carbons (Fsp3) is 0.200. The van der Waals surface area contributed by atoms with Gasteiger partial charge in [0.05, 0.1) is 0 Å². The summed E-state index contributed by atoms with van der Waals surface area (Å²) in [5.41, 5.74) is 8.64. The second-order valence-electron chi connectivity index (χ2n) is 4.61. The molecule has 0 aromatic heterocycles. The second kappa shape index (κ2) is 5.91. The Kier molecular flexibility index (Phi) is 4.46. The van der Waals surface area contributed by atoms with Crippen molar-refractivity contribution < 1.29 is 4.39 Å². The predicted octanol–water partition coefficient (Wildman–Crippen LogP) is 4.68. The lowest BCUT2D eigenvalue weighted by molar-refractivity contribution is 0.617. The summed E-state index contributed by atoms with van der Waals surface area (Å²) in [6.07, 6.45) is 0.541. The molecule has 0 saturated carbocycles. The van der Waals surface area contributed by atoms with Crippen LogP contribution in [0, 0.1) is 12.7 Å². The average molecular weight is 298 g/mol. The van der Waals surface area contributed by atoms with Crippen LogP contribution >= 0.6 is 23.2 Å². The van der Waals surface area contributed by atoms with Crippen LogP contribution in [0.5, 0.6) is 0 Å². The van der Waals surface area contributed by atoms with E-state index >= 15 is 0 Å². The number of hydrogen-bond donors (Lipinski definition) is 1. The van der Waals surface area contributed by atoms with Crippen molar-refractivity contribution in [2.24, 2.45) is 5.73 Å². The molecule has 0 bridgehead atoms. The first-order valence-corrected chi connectivity index (χ1v) is 6.68. The van der Waals surface area contributed by atoms with Crippen molar-refractivity contribution in [1.29, 1.82) is 0 Å². The van der Waals surface area contributed by atoms with Gasteiger partial charge in [0.25, 0.3) is 0 Å². The second-order valence-corrected chi connectivity index (χ2v) is 5.45. The number of rotatable bonds is 3. The van der Waals surface area contributed by atoms with Crippen LogP contribution in [0.25, 0.3) is 0 Å². The summed E-state index contributed by atoms with van der Waals surface area (Å²) >= 11 is 12.0. The Hall–Kier alpha value is -1.09. The Balaban J connectivity index is 2.22. The largest absolute Gasteiger partial charge is 0.324 e. The summed E-state index contributed by atoms with van der Waals surface area (Å²) in [7, 11) is 0. The van der Waals surface area contributed by atoms with Gasteiger partial charge in [0.15, 0.2) is 0 Å². The summed E-state index contributed by atoms with van der Waals surface area (Å²) in [6.45, 7) is 1.84. The standard InChI is InChI=1S/C15H14Cl2FN/c1-9-4-11(6-13(18)5-9)15(19)7-10-2-3-12(16)8-14(10)17/h2-6,8,15H,7,19H2,1H3. The number of nitrogens with two attached hydrogens (primary N) is 1. The summed E-state index contributed by atoms with van der Waals surface area (Å²) < 4.78 is 13.4. The maximum atomic E-state index is 13.4. The van der Waals surface area contributed by atoms with E-state index in [1.54, 1.807) is 12.1 Å². The third kappa shape index (κ3) is 3.69. The van der Waals surface area contributed by atoms with Gasteiger partial charge in [-0.05, 0) is 54.3 Å². The Morgan fingerprint density at radius 2 is 1.89 bits per heavy atom. The van der Waals surface area contributed by atoms with Gasteiger partial charge in [-0.15, -0.1) is 0 Å². The molecule has 4 heteroatoms. The zero-order valence-electron chi connectivity index (χ0n) is 10.5. The first-order valence-electron chi connectivity index (χ1n) is 5.92. The summed E-state index contributed by atoms with van der Waals surface area (Å²) in [6, 6.07) is 9.82. The lowest BCUT2D eigenvalue weighted by Crippen LogP contribution is -2.14. The molecule has 0 amide bonds. The van der Waals surface area contributed by atoms with Crippen molar-refractivity contribution in [2.45, 2.75) is 19.4 Å². The van der Waals surface area contributed by atoms with E-state index < -0.39 is 0 Å². The number of hydrogen-bond acceptors (Lipinski definition) is 1. The Bertz CT molecular complexity index is 578. The zero-order chi connectivity index (χ0) is 14.0. The fourth-order valence-corrected chi connectivity index (χ4v) is 2.51. The van der Waals surface area contributed by atoms with Crippen molar-refractivity contribution in [1.82, 2.24) is 0 Å². The van der Waals surface area contributed by atoms with Crippen molar-refractivity contribution in [3.8, 4) is 0 Å². The SMILES string of the molecule is Cc1cc(F)cc(C(N)Cc2ccc(Cl)cc2Cl)c1. The van der Waals surface area contributed by atoms with Gasteiger partial charge in [0, 0.05) is 16.1 Å². The first kappa shape index (κ1) is 14.3. The lowest BCUT2D eigenvalue weighted by atomic mass is 9.98. The molecule has 2 aromatic carbocycles. The minimum absolute atomic E-state index is 0.271. The van der Waals surface area contributed by atoms with Crippen LogP contribution in [0.2, 0.25) is 10.0 Å². The Labute approximate surface area is 122 Å². The van der Waals surface area contributed by atoms with Crippen molar-refractivity contribution in [3.63, 3.8) is 0 Å². The maximum Gasteiger partial charge on any atom is 0.123 e. The van der Waals surface area contributed by atoms with Crippen molar-refractivity contribution in [2.75, 3.05) is 0 Å². The first-order chi connectivity index (χ1) is 8.95. The lowest BCUT2D eigenvalue weighted by Gasteiger charge is -2.14. The normalized spacial score (nSPS) is 12.5. The highest BCUT2D eigenvalue weighted by Crippen LogP contribution is 2.25. The molecule has 0 aliphatic heterocycles. The van der Waals surface area contributed by atoms with E-state index in [9.17, 15) is 4.39 Å². The molecule has 1 unspecified atom stereocenters. The van der Waals surface area contributed by atoms with Gasteiger partial charge in [-0.2, -0.15) is 0 Å². The van der Waals surface area contributed by atoms with Crippen LogP contribution < -0.4 is 5.73 Å². The minimum atomic E-state index is -0.298. The van der Waals surface area contributed by atoms with Crippen molar-refractivity contribution >= 4 is 23.2 Å². The number of benzene rings is 2. The molecule has 1 atom stereocenters. The quantitative estimate of drug-likeness (QED) is 0.874. The molecule has 2 N–H and O–H groups in total. The number of aryl methyl sites for hydroxylation is 1. The van der Waals surface area contributed by atoms with E-state index in [1.807, 2.05) is 19.1 Å². The van der Waals surface area contributed by atoms with E-state index in [0.717, 1.165) is 16.7 Å². The monoisotopic (exact) mass is 297 g/mol. The van der Waals surface area contributed by atoms with Gasteiger partial charge in [-0.1, -0.05) is 35.3 Å². The molecule has 0 aliphatic rings. The van der Waals surface area contributed by atoms with Gasteiger partial charge >= 0.3 is 0 Å². The molecule has 0 heterocycles. The van der Waals surface area contributed by atoms with Gasteiger partial charge in [-0.25, -0.2) is 4.39 Å². The van der Waals surface area contributed by atoms with E-state index in [-0.39, 0.29) is 11.9 Å². The van der Waals surface area contributed by atoms with E-state index in [4.69, 9.17) is 28.9 Å². The molecular formula is C15H14Cl2FN. The highest BCUT2D eigenvalue weighted by molar-refractivity contribution is 6.35. The van der Waals surface area contributed by atoms with Crippen LogP contribution in [-0.2, 0) is 6.42 Å². The average Bonchev–Trinajstić information content (AvgIpc) is 2.31. The smallest absolute Gasteiger partial charge is 0.123 e. The highest BCUT2D eigenvalue weighted by atomic mass is 35.5. The van der Waals surface area contributed by atoms with Crippen LogP contribution in [0.1, 0.15) is 22.7 Å². The molecular weight excluding hydrogens is 284 g/mol. The molecule has 0 spiro atoms. The van der Waals surface area contributed by atoms with Gasteiger partial charge in [0.2, 0.25) is 0 Å². The third-order valence-electron chi connectivity index (χ3n) is 2.95. The summed E-state index contributed by atoms with van der Waals surface area (Å²) in [4.78, 5) is 0. The Morgan fingerprint density at radius 1 is 1.16 bits per heavy atom. The van der Waals surface area contributed by atoms with E-state index in [0.29, 0.717) is 16.5 Å². The summed E-state index contributed by atoms with van der Waals surface area (Å²) in [5.74, 6) is -0.271. The van der Waals surface area contributed by atoms with Crippen molar-refractivity contribution in [3.05, 3.63) is 69.0 Å². The van der Waals surface area contributed by atoms with Gasteiger partial charge in [0.1, 0.15) is 5.82 Å². The van der Waals surface area contributed by atoms with Gasteiger partial charge < -0.3 is 5.73 Å². The van der Waals surface area contributed by atoms with E-state index in [1.165, 1.54) is 12.1 Å². The molecule has 0 saturated heterocycles. The highest BCUT2D eigenvalue weighted by Gasteiger charge is 2.11. The topological polar surface area (TPSA) is 26.0 Å². The van der Waals surface area contributed by atoms with Gasteiger partial charge in [-0.3, -0.25) is 0 Å². The number of halogens is 3. The molecule has 1 nitrogen and oxygen atoms in total. The predicted molar refractivity (Wildman–Crippen MR) is 78.2 cm³/mol. The Morgan fingerprint density at radius 3 is 2.53 bits per heavy atom. The van der Waals surface area contributed by atoms with Crippen LogP contribution in [0.3, 0.4) is 0 Å².